The van der Waals surface area contributed by atoms with Crippen LogP contribution in [0.4, 0.5) is 5.69 Å². The first-order valence-electron chi connectivity index (χ1n) is 8.09. The zero-order chi connectivity index (χ0) is 17.9. The Hall–Kier alpha value is -1.89. The van der Waals surface area contributed by atoms with Crippen LogP contribution in [-0.2, 0) is 14.8 Å². The van der Waals surface area contributed by atoms with E-state index < -0.39 is 10.0 Å². The molecule has 1 heterocycles. The van der Waals surface area contributed by atoms with Crippen molar-refractivity contribution in [3.8, 4) is 0 Å². The first-order valence-corrected chi connectivity index (χ1v) is 9.91. The lowest BCUT2D eigenvalue weighted by molar-refractivity contribution is -0.120. The van der Waals surface area contributed by atoms with Crippen LogP contribution in [0, 0.1) is 5.92 Å². The van der Waals surface area contributed by atoms with Crippen LogP contribution in [0.1, 0.15) is 12.8 Å². The Kier molecular flexibility index (Phi) is 5.42. The average Bonchev–Trinajstić information content (AvgIpc) is 2.63. The highest BCUT2D eigenvalue weighted by Crippen LogP contribution is 2.28. The van der Waals surface area contributed by atoms with Gasteiger partial charge in [-0.25, -0.2) is 8.42 Å². The van der Waals surface area contributed by atoms with Gasteiger partial charge in [-0.05, 0) is 37.1 Å². The van der Waals surface area contributed by atoms with Crippen molar-refractivity contribution in [3.05, 3.63) is 59.6 Å². The van der Waals surface area contributed by atoms with Crippen molar-refractivity contribution in [1.82, 2.24) is 4.31 Å². The number of rotatable bonds is 4. The number of amides is 1. The molecule has 132 valence electrons. The number of hydrogen-bond donors (Lipinski definition) is 1. The summed E-state index contributed by atoms with van der Waals surface area (Å²) in [5.41, 5.74) is 0.749. The van der Waals surface area contributed by atoms with E-state index in [1.807, 2.05) is 30.3 Å². The zero-order valence-corrected chi connectivity index (χ0v) is 15.1. The van der Waals surface area contributed by atoms with Crippen LogP contribution in [0.15, 0.2) is 59.5 Å². The fourth-order valence-corrected chi connectivity index (χ4v) is 4.88. The number of carbonyl (C=O) groups is 1. The average molecular weight is 379 g/mol. The highest BCUT2D eigenvalue weighted by molar-refractivity contribution is 7.89. The Bertz CT molecular complexity index is 848. The minimum Gasteiger partial charge on any atom is -0.326 e. The van der Waals surface area contributed by atoms with Crippen molar-refractivity contribution in [1.29, 1.82) is 0 Å². The van der Waals surface area contributed by atoms with E-state index in [-0.39, 0.29) is 21.7 Å². The SMILES string of the molecule is O=C(Nc1ccccc1)C1CCN(S(=O)(=O)c2ccccc2Cl)CC1. The molecule has 5 nitrogen and oxygen atoms in total. The van der Waals surface area contributed by atoms with Crippen LogP contribution in [-0.4, -0.2) is 31.7 Å². The van der Waals surface area contributed by atoms with Crippen molar-refractivity contribution in [3.63, 3.8) is 0 Å². The number of para-hydroxylation sites is 1. The molecule has 7 heteroatoms. The van der Waals surface area contributed by atoms with Gasteiger partial charge >= 0.3 is 0 Å². The summed E-state index contributed by atoms with van der Waals surface area (Å²) >= 11 is 6.03. The van der Waals surface area contributed by atoms with Gasteiger partial charge in [0.05, 0.1) is 5.02 Å². The molecule has 0 radical (unpaired) electrons. The first-order chi connectivity index (χ1) is 12.0. The fourth-order valence-electron chi connectivity index (χ4n) is 2.92. The lowest BCUT2D eigenvalue weighted by Crippen LogP contribution is -2.41. The summed E-state index contributed by atoms with van der Waals surface area (Å²) in [6.45, 7) is 0.612. The van der Waals surface area contributed by atoms with Gasteiger partial charge in [0.15, 0.2) is 0 Å². The topological polar surface area (TPSA) is 66.5 Å². The molecule has 0 unspecified atom stereocenters. The lowest BCUT2D eigenvalue weighted by atomic mass is 9.97. The molecule has 3 rings (SSSR count). The van der Waals surface area contributed by atoms with Crippen molar-refractivity contribution in [2.75, 3.05) is 18.4 Å². The molecule has 1 fully saturated rings. The summed E-state index contributed by atoms with van der Waals surface area (Å²) in [6.07, 6.45) is 0.977. The Morgan fingerprint density at radius 1 is 1.00 bits per heavy atom. The molecule has 0 bridgehead atoms. The summed E-state index contributed by atoms with van der Waals surface area (Å²) in [4.78, 5) is 12.5. The van der Waals surface area contributed by atoms with Gasteiger partial charge in [0, 0.05) is 24.7 Å². The largest absolute Gasteiger partial charge is 0.326 e. The number of nitrogens with one attached hydrogen (secondary N) is 1. The molecule has 0 atom stereocenters. The predicted molar refractivity (Wildman–Crippen MR) is 98.0 cm³/mol. The van der Waals surface area contributed by atoms with E-state index in [1.165, 1.54) is 10.4 Å². The number of halogens is 1. The maximum Gasteiger partial charge on any atom is 0.244 e. The highest BCUT2D eigenvalue weighted by Gasteiger charge is 2.33. The van der Waals surface area contributed by atoms with Crippen molar-refractivity contribution in [2.24, 2.45) is 5.92 Å². The van der Waals surface area contributed by atoms with Gasteiger partial charge in [-0.3, -0.25) is 4.79 Å². The van der Waals surface area contributed by atoms with Gasteiger partial charge < -0.3 is 5.32 Å². The molecular formula is C18H19ClN2O3S. The number of piperidine rings is 1. The van der Waals surface area contributed by atoms with E-state index in [4.69, 9.17) is 11.6 Å². The molecule has 0 spiro atoms. The Morgan fingerprint density at radius 3 is 2.24 bits per heavy atom. The monoisotopic (exact) mass is 378 g/mol. The molecule has 1 aliphatic heterocycles. The molecule has 1 aliphatic rings. The third-order valence-electron chi connectivity index (χ3n) is 4.32. The van der Waals surface area contributed by atoms with Gasteiger partial charge in [-0.1, -0.05) is 41.9 Å². The summed E-state index contributed by atoms with van der Waals surface area (Å²) in [5.74, 6) is -0.265. The number of sulfonamides is 1. The van der Waals surface area contributed by atoms with E-state index >= 15 is 0 Å². The maximum atomic E-state index is 12.7. The predicted octanol–water partition coefficient (Wildman–Crippen LogP) is 3.38. The quantitative estimate of drug-likeness (QED) is 0.886. The molecule has 0 aromatic heterocycles. The molecule has 0 aliphatic carbocycles. The summed E-state index contributed by atoms with van der Waals surface area (Å²) in [6, 6.07) is 15.7. The van der Waals surface area contributed by atoms with Crippen LogP contribution in [0.25, 0.3) is 0 Å². The van der Waals surface area contributed by atoms with Gasteiger partial charge in [0.25, 0.3) is 0 Å². The van der Waals surface area contributed by atoms with Crippen molar-refractivity contribution in [2.45, 2.75) is 17.7 Å². The van der Waals surface area contributed by atoms with E-state index in [9.17, 15) is 13.2 Å². The Morgan fingerprint density at radius 2 is 1.60 bits per heavy atom. The Labute approximate surface area is 152 Å². The second-order valence-corrected chi connectivity index (χ2v) is 8.28. The van der Waals surface area contributed by atoms with Crippen LogP contribution >= 0.6 is 11.6 Å². The number of benzene rings is 2. The molecule has 0 saturated carbocycles. The molecule has 1 amide bonds. The van der Waals surface area contributed by atoms with Crippen molar-refractivity contribution >= 4 is 33.2 Å². The number of nitrogens with zero attached hydrogens (tertiary/aromatic N) is 1. The number of carbonyl (C=O) groups excluding carboxylic acids is 1. The maximum absolute atomic E-state index is 12.7. The normalized spacial score (nSPS) is 16.5. The van der Waals surface area contributed by atoms with Crippen LogP contribution in [0.3, 0.4) is 0 Å². The summed E-state index contributed by atoms with van der Waals surface area (Å²) in [5, 5.41) is 3.09. The third kappa shape index (κ3) is 4.03. The van der Waals surface area contributed by atoms with Gasteiger partial charge in [0.2, 0.25) is 15.9 Å². The zero-order valence-electron chi connectivity index (χ0n) is 13.6. The molecule has 1 saturated heterocycles. The molecule has 1 N–H and O–H groups in total. The second-order valence-electron chi connectivity index (χ2n) is 5.96. The molecule has 2 aromatic carbocycles. The standard InChI is InChI=1S/C18H19ClN2O3S/c19-16-8-4-5-9-17(16)25(23,24)21-12-10-14(11-13-21)18(22)20-15-6-2-1-3-7-15/h1-9,14H,10-13H2,(H,20,22). The smallest absolute Gasteiger partial charge is 0.244 e. The number of anilines is 1. The number of hydrogen-bond acceptors (Lipinski definition) is 3. The fraction of sp³-hybridized carbons (Fsp3) is 0.278. The van der Waals surface area contributed by atoms with Crippen LogP contribution in [0.2, 0.25) is 5.02 Å². The van der Waals surface area contributed by atoms with Crippen LogP contribution in [0.5, 0.6) is 0 Å². The van der Waals surface area contributed by atoms with Gasteiger partial charge in [-0.2, -0.15) is 4.31 Å². The minimum atomic E-state index is -3.63. The molecular weight excluding hydrogens is 360 g/mol. The molecule has 2 aromatic rings. The van der Waals surface area contributed by atoms with Crippen LogP contribution < -0.4 is 5.32 Å². The second kappa shape index (κ2) is 7.56. The van der Waals surface area contributed by atoms with Crippen molar-refractivity contribution < 1.29 is 13.2 Å². The highest BCUT2D eigenvalue weighted by atomic mass is 35.5. The third-order valence-corrected chi connectivity index (χ3v) is 6.72. The van der Waals surface area contributed by atoms with E-state index in [0.29, 0.717) is 25.9 Å². The summed E-state index contributed by atoms with van der Waals surface area (Å²) < 4.78 is 26.8. The van der Waals surface area contributed by atoms with E-state index in [1.54, 1.807) is 18.2 Å². The lowest BCUT2D eigenvalue weighted by Gasteiger charge is -2.30. The van der Waals surface area contributed by atoms with E-state index in [2.05, 4.69) is 5.32 Å². The summed E-state index contributed by atoms with van der Waals surface area (Å²) in [7, 11) is -3.63. The molecule has 25 heavy (non-hydrogen) atoms. The van der Waals surface area contributed by atoms with Gasteiger partial charge in [0.1, 0.15) is 4.90 Å². The Balaban J connectivity index is 1.64. The first kappa shape index (κ1) is 17.9. The van der Waals surface area contributed by atoms with Gasteiger partial charge in [-0.15, -0.1) is 0 Å². The minimum absolute atomic E-state index is 0.0685. The van der Waals surface area contributed by atoms with E-state index in [0.717, 1.165) is 5.69 Å².